The van der Waals surface area contributed by atoms with Gasteiger partial charge in [-0.3, -0.25) is 20.8 Å². The minimum atomic E-state index is -0.572. The molecule has 7 heteroatoms. The lowest BCUT2D eigenvalue weighted by molar-refractivity contribution is -0.384. The smallest absolute Gasteiger partial charge is 0.294 e. The first-order chi connectivity index (χ1) is 9.26. The molecule has 0 saturated carbocycles. The zero-order valence-corrected chi connectivity index (χ0v) is 12.1. The van der Waals surface area contributed by atoms with Crippen LogP contribution in [0, 0.1) is 10.1 Å². The quantitative estimate of drug-likeness (QED) is 0.489. The molecule has 0 aromatic heterocycles. The van der Waals surface area contributed by atoms with Gasteiger partial charge in [0.2, 0.25) is 0 Å². The number of rotatable bonds is 5. The molecule has 0 aliphatic carbocycles. The van der Waals surface area contributed by atoms with Crippen molar-refractivity contribution in [3.8, 4) is 0 Å². The molecule has 0 atom stereocenters. The average Bonchev–Trinajstić information content (AvgIpc) is 2.44. The number of carbonyl (C=O) groups excluding carboxylic acids is 1. The number of para-hydroxylation sites is 1. The third-order valence-corrected chi connectivity index (χ3v) is 3.69. The van der Waals surface area contributed by atoms with E-state index >= 15 is 0 Å². The van der Waals surface area contributed by atoms with Crippen LogP contribution in [0.5, 0.6) is 0 Å². The molecule has 1 amide bonds. The van der Waals surface area contributed by atoms with Crippen LogP contribution in [0.25, 0.3) is 0 Å². The summed E-state index contributed by atoms with van der Waals surface area (Å²) in [5.41, 5.74) is 1.90. The molecule has 0 aliphatic heterocycles. The summed E-state index contributed by atoms with van der Waals surface area (Å²) in [5, 5.41) is 11.0. The van der Waals surface area contributed by atoms with Gasteiger partial charge in [-0.05, 0) is 26.3 Å². The van der Waals surface area contributed by atoms with Gasteiger partial charge in [-0.1, -0.05) is 13.0 Å². The predicted molar refractivity (Wildman–Crippen MR) is 77.4 cm³/mol. The molecule has 3 N–H and O–H groups in total. The zero-order valence-electron chi connectivity index (χ0n) is 12.1. The summed E-state index contributed by atoms with van der Waals surface area (Å²) in [6, 6.07) is 4.29. The van der Waals surface area contributed by atoms with Crippen molar-refractivity contribution in [3.05, 3.63) is 33.9 Å². The van der Waals surface area contributed by atoms with Crippen molar-refractivity contribution in [1.82, 2.24) is 4.90 Å². The first-order valence-corrected chi connectivity index (χ1v) is 6.28. The maximum absolute atomic E-state index is 12.5. The fraction of sp³-hybridized carbons (Fsp3) is 0.462. The van der Waals surface area contributed by atoms with Crippen molar-refractivity contribution in [1.29, 1.82) is 0 Å². The number of nitro groups is 1. The van der Waals surface area contributed by atoms with Crippen LogP contribution < -0.4 is 11.3 Å². The van der Waals surface area contributed by atoms with E-state index in [2.05, 4.69) is 5.43 Å². The highest BCUT2D eigenvalue weighted by atomic mass is 16.6. The SMILES string of the molecule is CCC(C)(C)N(C)C(=O)c1cccc([N+](=O)[O-])c1NN. The topological polar surface area (TPSA) is 102 Å². The molecule has 0 heterocycles. The van der Waals surface area contributed by atoms with E-state index in [-0.39, 0.29) is 28.4 Å². The van der Waals surface area contributed by atoms with E-state index in [1.54, 1.807) is 11.9 Å². The number of hydrogen-bond donors (Lipinski definition) is 2. The van der Waals surface area contributed by atoms with Crippen molar-refractivity contribution in [3.63, 3.8) is 0 Å². The highest BCUT2D eigenvalue weighted by Crippen LogP contribution is 2.30. The number of amides is 1. The molecule has 0 unspecified atom stereocenters. The summed E-state index contributed by atoms with van der Waals surface area (Å²) in [6.07, 6.45) is 0.759. The van der Waals surface area contributed by atoms with Crippen LogP contribution in [0.1, 0.15) is 37.6 Å². The molecule has 0 fully saturated rings. The molecule has 110 valence electrons. The highest BCUT2D eigenvalue weighted by Gasteiger charge is 2.30. The second kappa shape index (κ2) is 5.87. The number of hydrogen-bond acceptors (Lipinski definition) is 5. The summed E-state index contributed by atoms with van der Waals surface area (Å²) in [6.45, 7) is 5.83. The number of anilines is 1. The minimum Gasteiger partial charge on any atom is -0.337 e. The van der Waals surface area contributed by atoms with Gasteiger partial charge in [-0.15, -0.1) is 0 Å². The fourth-order valence-corrected chi connectivity index (χ4v) is 1.71. The second-order valence-corrected chi connectivity index (χ2v) is 5.13. The Hall–Kier alpha value is -2.15. The Morgan fingerprint density at radius 3 is 2.55 bits per heavy atom. The van der Waals surface area contributed by atoms with Gasteiger partial charge in [0.1, 0.15) is 5.69 Å². The third-order valence-electron chi connectivity index (χ3n) is 3.69. The standard InChI is InChI=1S/C13H20N4O3/c1-5-13(2,3)16(4)12(18)9-7-6-8-10(17(19)20)11(9)15-14/h6-8,15H,5,14H2,1-4H3. The monoisotopic (exact) mass is 280 g/mol. The molecule has 20 heavy (non-hydrogen) atoms. The van der Waals surface area contributed by atoms with Gasteiger partial charge in [0, 0.05) is 18.7 Å². The number of nitrogens with zero attached hydrogens (tertiary/aromatic N) is 2. The van der Waals surface area contributed by atoms with Gasteiger partial charge in [-0.25, -0.2) is 0 Å². The maximum Gasteiger partial charge on any atom is 0.294 e. The molecular formula is C13H20N4O3. The lowest BCUT2D eigenvalue weighted by Gasteiger charge is -2.35. The van der Waals surface area contributed by atoms with Gasteiger partial charge in [0.15, 0.2) is 0 Å². The molecule has 0 aliphatic rings. The van der Waals surface area contributed by atoms with Gasteiger partial charge in [0.05, 0.1) is 10.5 Å². The third kappa shape index (κ3) is 2.88. The summed E-state index contributed by atoms with van der Waals surface area (Å²) in [4.78, 5) is 24.5. The van der Waals surface area contributed by atoms with E-state index in [0.29, 0.717) is 0 Å². The molecule has 7 nitrogen and oxygen atoms in total. The molecule has 0 bridgehead atoms. The minimum absolute atomic E-state index is 0.0289. The summed E-state index contributed by atoms with van der Waals surface area (Å²) in [7, 11) is 1.67. The zero-order chi connectivity index (χ0) is 15.5. The fourth-order valence-electron chi connectivity index (χ4n) is 1.71. The number of benzene rings is 1. The van der Waals surface area contributed by atoms with Gasteiger partial charge in [-0.2, -0.15) is 0 Å². The first-order valence-electron chi connectivity index (χ1n) is 6.28. The number of nitrogens with two attached hydrogens (primary N) is 1. The Kier molecular flexibility index (Phi) is 4.67. The van der Waals surface area contributed by atoms with Crippen LogP contribution in [0.15, 0.2) is 18.2 Å². The van der Waals surface area contributed by atoms with E-state index in [4.69, 9.17) is 5.84 Å². The largest absolute Gasteiger partial charge is 0.337 e. The Morgan fingerprint density at radius 2 is 2.10 bits per heavy atom. The molecule has 0 saturated heterocycles. The van der Waals surface area contributed by atoms with Crippen LogP contribution in [0.3, 0.4) is 0 Å². The van der Waals surface area contributed by atoms with Gasteiger partial charge >= 0.3 is 0 Å². The predicted octanol–water partition coefficient (Wildman–Crippen LogP) is 2.14. The second-order valence-electron chi connectivity index (χ2n) is 5.13. The number of hydrazine groups is 1. The molecule has 1 rings (SSSR count). The van der Waals surface area contributed by atoms with Crippen molar-refractivity contribution in [2.45, 2.75) is 32.7 Å². The number of nitrogen functional groups attached to an aromatic ring is 1. The van der Waals surface area contributed by atoms with E-state index in [9.17, 15) is 14.9 Å². The van der Waals surface area contributed by atoms with Crippen LogP contribution in [0.2, 0.25) is 0 Å². The highest BCUT2D eigenvalue weighted by molar-refractivity contribution is 6.01. The molecular weight excluding hydrogens is 260 g/mol. The number of nitrogens with one attached hydrogen (secondary N) is 1. The van der Waals surface area contributed by atoms with Crippen molar-refractivity contribution in [2.75, 3.05) is 12.5 Å². The summed E-state index contributed by atoms with van der Waals surface area (Å²) >= 11 is 0. The lowest BCUT2D eigenvalue weighted by Crippen LogP contribution is -2.44. The Bertz CT molecular complexity index is 528. The van der Waals surface area contributed by atoms with Gasteiger partial charge < -0.3 is 10.3 Å². The van der Waals surface area contributed by atoms with Gasteiger partial charge in [0.25, 0.3) is 11.6 Å². The van der Waals surface area contributed by atoms with Crippen LogP contribution >= 0.6 is 0 Å². The van der Waals surface area contributed by atoms with E-state index in [1.165, 1.54) is 18.2 Å². The van der Waals surface area contributed by atoms with Crippen LogP contribution in [-0.4, -0.2) is 28.3 Å². The normalized spacial score (nSPS) is 11.1. The number of carbonyl (C=O) groups is 1. The Morgan fingerprint density at radius 1 is 1.50 bits per heavy atom. The summed E-state index contributed by atoms with van der Waals surface area (Å²) < 4.78 is 0. The maximum atomic E-state index is 12.5. The van der Waals surface area contributed by atoms with E-state index < -0.39 is 4.92 Å². The molecule has 0 radical (unpaired) electrons. The Labute approximate surface area is 117 Å². The van der Waals surface area contributed by atoms with Crippen molar-refractivity contribution in [2.24, 2.45) is 5.84 Å². The van der Waals surface area contributed by atoms with E-state index in [0.717, 1.165) is 6.42 Å². The van der Waals surface area contributed by atoms with Crippen LogP contribution in [-0.2, 0) is 0 Å². The van der Waals surface area contributed by atoms with Crippen molar-refractivity contribution >= 4 is 17.3 Å². The van der Waals surface area contributed by atoms with Crippen LogP contribution in [0.4, 0.5) is 11.4 Å². The number of nitro benzene ring substituents is 1. The van der Waals surface area contributed by atoms with E-state index in [1.807, 2.05) is 20.8 Å². The molecule has 1 aromatic carbocycles. The van der Waals surface area contributed by atoms with Crippen molar-refractivity contribution < 1.29 is 9.72 Å². The first kappa shape index (κ1) is 15.9. The summed E-state index contributed by atoms with van der Waals surface area (Å²) in [5.74, 6) is 5.03. The lowest BCUT2D eigenvalue weighted by atomic mass is 9.98. The Balaban J connectivity index is 3.30. The average molecular weight is 280 g/mol. The molecule has 1 aromatic rings. The molecule has 0 spiro atoms.